The van der Waals surface area contributed by atoms with Crippen LogP contribution in [0.5, 0.6) is 5.75 Å². The fourth-order valence-corrected chi connectivity index (χ4v) is 1.65. The lowest BCUT2D eigenvalue weighted by molar-refractivity contribution is 0.102. The number of benzene rings is 1. The molecule has 0 saturated carbocycles. The summed E-state index contributed by atoms with van der Waals surface area (Å²) in [6, 6.07) is 10.3. The first kappa shape index (κ1) is 12.9. The Bertz CT molecular complexity index is 611. The topological polar surface area (TPSA) is 77.2 Å². The molecule has 0 radical (unpaired) electrons. The number of ether oxygens (including phenoxy) is 1. The van der Waals surface area contributed by atoms with Gasteiger partial charge in [0.15, 0.2) is 0 Å². The van der Waals surface area contributed by atoms with Crippen molar-refractivity contribution in [2.45, 2.75) is 6.92 Å². The molecule has 0 saturated heterocycles. The van der Waals surface area contributed by atoms with E-state index in [9.17, 15) is 4.79 Å². The minimum absolute atomic E-state index is 0.253. The van der Waals surface area contributed by atoms with Crippen molar-refractivity contribution < 1.29 is 9.53 Å². The van der Waals surface area contributed by atoms with Crippen LogP contribution in [-0.4, -0.2) is 18.0 Å². The third-order valence-corrected chi connectivity index (χ3v) is 2.63. The highest BCUT2D eigenvalue weighted by atomic mass is 16.5. The maximum Gasteiger partial charge on any atom is 0.256 e. The number of nitrogens with one attached hydrogen (secondary N) is 1. The summed E-state index contributed by atoms with van der Waals surface area (Å²) in [6.45, 7) is 1.86. The number of rotatable bonds is 3. The van der Waals surface area contributed by atoms with Crippen LogP contribution in [0.1, 0.15) is 16.1 Å². The van der Waals surface area contributed by atoms with Crippen molar-refractivity contribution in [3.63, 3.8) is 0 Å². The van der Waals surface area contributed by atoms with Crippen LogP contribution in [0.2, 0.25) is 0 Å². The lowest BCUT2D eigenvalue weighted by atomic mass is 10.2. The zero-order valence-corrected chi connectivity index (χ0v) is 10.8. The predicted octanol–water partition coefficient (Wildman–Crippen LogP) is 2.23. The van der Waals surface area contributed by atoms with E-state index in [0.29, 0.717) is 22.8 Å². The van der Waals surface area contributed by atoms with Crippen LogP contribution in [-0.2, 0) is 0 Å². The maximum atomic E-state index is 12.1. The molecule has 0 spiro atoms. The molecule has 1 amide bonds. The number of aromatic nitrogens is 1. The Balaban J connectivity index is 2.20. The van der Waals surface area contributed by atoms with Crippen molar-refractivity contribution in [3.05, 3.63) is 47.7 Å². The third kappa shape index (κ3) is 3.01. The number of amides is 1. The smallest absolute Gasteiger partial charge is 0.256 e. The second-order valence-corrected chi connectivity index (χ2v) is 4.08. The Hall–Kier alpha value is -2.56. The Kier molecular flexibility index (Phi) is 3.66. The van der Waals surface area contributed by atoms with Gasteiger partial charge in [0.1, 0.15) is 11.6 Å². The van der Waals surface area contributed by atoms with E-state index in [1.165, 1.54) is 7.11 Å². The van der Waals surface area contributed by atoms with Crippen LogP contribution < -0.4 is 15.8 Å². The number of pyridine rings is 1. The van der Waals surface area contributed by atoms with Gasteiger partial charge in [-0.1, -0.05) is 6.07 Å². The summed E-state index contributed by atoms with van der Waals surface area (Å²) >= 11 is 0. The fraction of sp³-hybridized carbons (Fsp3) is 0.143. The number of carbonyl (C=O) groups is 1. The highest BCUT2D eigenvalue weighted by Gasteiger charge is 2.09. The van der Waals surface area contributed by atoms with E-state index >= 15 is 0 Å². The molecule has 0 unspecified atom stereocenters. The number of hydrogen-bond donors (Lipinski definition) is 2. The second-order valence-electron chi connectivity index (χ2n) is 4.08. The molecule has 19 heavy (non-hydrogen) atoms. The standard InChI is InChI=1S/C14H15N3O2/c1-9-4-3-5-13(16-9)17-14(18)10-6-7-11(15)12(8-10)19-2/h3-8H,15H2,1-2H3,(H,16,17,18). The molecule has 1 aromatic heterocycles. The molecule has 0 bridgehead atoms. The quantitative estimate of drug-likeness (QED) is 0.827. The largest absolute Gasteiger partial charge is 0.495 e. The van der Waals surface area contributed by atoms with Gasteiger partial charge < -0.3 is 15.8 Å². The van der Waals surface area contributed by atoms with Gasteiger partial charge in [-0.2, -0.15) is 0 Å². The molecule has 2 rings (SSSR count). The molecular formula is C14H15N3O2. The lowest BCUT2D eigenvalue weighted by Crippen LogP contribution is -2.13. The van der Waals surface area contributed by atoms with Gasteiger partial charge in [0, 0.05) is 11.3 Å². The summed E-state index contributed by atoms with van der Waals surface area (Å²) < 4.78 is 5.08. The Morgan fingerprint density at radius 2 is 2.11 bits per heavy atom. The highest BCUT2D eigenvalue weighted by molar-refractivity contribution is 6.04. The zero-order valence-electron chi connectivity index (χ0n) is 10.8. The number of hydrogen-bond acceptors (Lipinski definition) is 4. The van der Waals surface area contributed by atoms with Crippen LogP contribution in [0.3, 0.4) is 0 Å². The van der Waals surface area contributed by atoms with Crippen LogP contribution in [0.4, 0.5) is 11.5 Å². The molecule has 0 atom stereocenters. The predicted molar refractivity (Wildman–Crippen MR) is 74.3 cm³/mol. The summed E-state index contributed by atoms with van der Waals surface area (Å²) in [5, 5.41) is 2.72. The van der Waals surface area contributed by atoms with Crippen molar-refractivity contribution in [2.24, 2.45) is 0 Å². The first-order valence-electron chi connectivity index (χ1n) is 5.78. The van der Waals surface area contributed by atoms with E-state index in [-0.39, 0.29) is 5.91 Å². The molecule has 0 fully saturated rings. The van der Waals surface area contributed by atoms with E-state index in [0.717, 1.165) is 5.69 Å². The van der Waals surface area contributed by atoms with Gasteiger partial charge in [0.2, 0.25) is 0 Å². The average molecular weight is 257 g/mol. The molecule has 3 N–H and O–H groups in total. The second kappa shape index (κ2) is 5.39. The van der Waals surface area contributed by atoms with E-state index in [2.05, 4.69) is 10.3 Å². The molecule has 98 valence electrons. The van der Waals surface area contributed by atoms with Crippen LogP contribution in [0.25, 0.3) is 0 Å². The van der Waals surface area contributed by atoms with Crippen molar-refractivity contribution in [2.75, 3.05) is 18.2 Å². The zero-order chi connectivity index (χ0) is 13.8. The van der Waals surface area contributed by atoms with Crippen LogP contribution in [0, 0.1) is 6.92 Å². The van der Waals surface area contributed by atoms with Crippen molar-refractivity contribution in [3.8, 4) is 5.75 Å². The molecule has 5 heteroatoms. The Labute approximate surface area is 111 Å². The maximum absolute atomic E-state index is 12.1. The average Bonchev–Trinajstić information content (AvgIpc) is 2.39. The van der Waals surface area contributed by atoms with Gasteiger partial charge in [0.05, 0.1) is 12.8 Å². The molecule has 1 aromatic carbocycles. The van der Waals surface area contributed by atoms with Crippen LogP contribution in [0.15, 0.2) is 36.4 Å². The van der Waals surface area contributed by atoms with Gasteiger partial charge in [-0.25, -0.2) is 4.98 Å². The third-order valence-electron chi connectivity index (χ3n) is 2.63. The van der Waals surface area contributed by atoms with Gasteiger partial charge in [-0.15, -0.1) is 0 Å². The summed E-state index contributed by atoms with van der Waals surface area (Å²) in [5.74, 6) is 0.738. The Morgan fingerprint density at radius 1 is 1.32 bits per heavy atom. The number of methoxy groups -OCH3 is 1. The van der Waals surface area contributed by atoms with E-state index in [1.807, 2.05) is 19.1 Å². The number of nitrogens with two attached hydrogens (primary N) is 1. The van der Waals surface area contributed by atoms with Crippen molar-refractivity contribution in [1.29, 1.82) is 0 Å². The number of anilines is 2. The monoisotopic (exact) mass is 257 g/mol. The molecule has 1 heterocycles. The SMILES string of the molecule is COc1cc(C(=O)Nc2cccc(C)n2)ccc1N. The van der Waals surface area contributed by atoms with Gasteiger partial charge >= 0.3 is 0 Å². The van der Waals surface area contributed by atoms with E-state index < -0.39 is 0 Å². The van der Waals surface area contributed by atoms with E-state index in [1.54, 1.807) is 24.3 Å². The summed E-state index contributed by atoms with van der Waals surface area (Å²) in [6.07, 6.45) is 0. The molecule has 0 aliphatic heterocycles. The van der Waals surface area contributed by atoms with Crippen molar-refractivity contribution >= 4 is 17.4 Å². The molecule has 0 aliphatic carbocycles. The first-order chi connectivity index (χ1) is 9.10. The molecule has 0 aliphatic rings. The molecule has 2 aromatic rings. The molecular weight excluding hydrogens is 242 g/mol. The van der Waals surface area contributed by atoms with Crippen molar-refractivity contribution in [1.82, 2.24) is 4.98 Å². The Morgan fingerprint density at radius 3 is 2.79 bits per heavy atom. The van der Waals surface area contributed by atoms with Crippen LogP contribution >= 0.6 is 0 Å². The summed E-state index contributed by atoms with van der Waals surface area (Å²) in [4.78, 5) is 16.3. The van der Waals surface area contributed by atoms with E-state index in [4.69, 9.17) is 10.5 Å². The minimum Gasteiger partial charge on any atom is -0.495 e. The normalized spacial score (nSPS) is 10.0. The van der Waals surface area contributed by atoms with Gasteiger partial charge in [-0.3, -0.25) is 4.79 Å². The molecule has 5 nitrogen and oxygen atoms in total. The summed E-state index contributed by atoms with van der Waals surface area (Å²) in [5.41, 5.74) is 7.50. The highest BCUT2D eigenvalue weighted by Crippen LogP contribution is 2.22. The lowest BCUT2D eigenvalue weighted by Gasteiger charge is -2.08. The van der Waals surface area contributed by atoms with Gasteiger partial charge in [0.25, 0.3) is 5.91 Å². The number of nitrogen functional groups attached to an aromatic ring is 1. The fourth-order valence-electron chi connectivity index (χ4n) is 1.65. The van der Waals surface area contributed by atoms with Gasteiger partial charge in [-0.05, 0) is 37.3 Å². The first-order valence-corrected chi connectivity index (χ1v) is 5.78. The minimum atomic E-state index is -0.253. The number of aryl methyl sites for hydroxylation is 1. The number of nitrogens with zero attached hydrogens (tertiary/aromatic N) is 1. The number of carbonyl (C=O) groups excluding carboxylic acids is 1. The summed E-state index contributed by atoms with van der Waals surface area (Å²) in [7, 11) is 1.51.